The molecule has 0 aromatic carbocycles. The van der Waals surface area contributed by atoms with E-state index in [0.717, 1.165) is 52.4 Å². The summed E-state index contributed by atoms with van der Waals surface area (Å²) in [5, 5.41) is 16.3. The average molecular weight is 498 g/mol. The van der Waals surface area contributed by atoms with Crippen LogP contribution in [0.2, 0.25) is 0 Å². The van der Waals surface area contributed by atoms with E-state index >= 15 is 0 Å². The van der Waals surface area contributed by atoms with Crippen molar-refractivity contribution >= 4 is 0 Å². The number of nitrogens with one attached hydrogen (secondary N) is 5. The number of likely N-dealkylation sites (N-methyl/N-ethyl adjacent to an activating group) is 2. The summed E-state index contributed by atoms with van der Waals surface area (Å²) in [5.41, 5.74) is 0. The van der Waals surface area contributed by atoms with E-state index in [1.807, 2.05) is 14.1 Å². The summed E-state index contributed by atoms with van der Waals surface area (Å²) >= 11 is 0. The fraction of sp³-hybridized carbons (Fsp3) is 1.00. The molecule has 0 saturated heterocycles. The van der Waals surface area contributed by atoms with Crippen molar-refractivity contribution in [2.45, 2.75) is 0 Å². The minimum Gasteiger partial charge on any atom is -0.412 e. The van der Waals surface area contributed by atoms with Crippen LogP contribution in [0.5, 0.6) is 0 Å². The van der Waals surface area contributed by atoms with Crippen molar-refractivity contribution in [3.05, 3.63) is 0 Å². The molecule has 0 amide bonds. The van der Waals surface area contributed by atoms with Gasteiger partial charge in [0.15, 0.2) is 0 Å². The van der Waals surface area contributed by atoms with Gasteiger partial charge in [-0.1, -0.05) is 0 Å². The third kappa shape index (κ3) is 102. The minimum absolute atomic E-state index is 0. The Morgan fingerprint density at radius 2 is 0.630 bits per heavy atom. The molecule has 17 heteroatoms. The zero-order chi connectivity index (χ0) is 20.2. The van der Waals surface area contributed by atoms with E-state index in [1.165, 1.54) is 0 Å². The van der Waals surface area contributed by atoms with Gasteiger partial charge in [-0.3, -0.25) is 0 Å². The van der Waals surface area contributed by atoms with E-state index < -0.39 is 20.5 Å². The van der Waals surface area contributed by atoms with E-state index in [1.54, 1.807) is 0 Å². The zero-order valence-corrected chi connectivity index (χ0v) is 17.4. The number of rotatable bonds is 12. The van der Waals surface area contributed by atoms with Crippen molar-refractivity contribution < 1.29 is 80.3 Å². The van der Waals surface area contributed by atoms with Gasteiger partial charge in [0, 0.05) is 52.4 Å². The molecule has 0 aliphatic carbocycles. The Kier molecular flexibility index (Phi) is 37.5. The molecule has 0 aromatic heterocycles. The molecule has 1 radical (unpaired) electrons. The largest absolute Gasteiger partial charge is 2.00 e. The molecule has 0 saturated carbocycles. The molecule has 0 aromatic rings. The third-order valence-electron chi connectivity index (χ3n) is 2.06. The topological polar surface area (TPSA) is 276 Å². The maximum absolute atomic E-state index is 8.49. The van der Waals surface area contributed by atoms with E-state index in [0.29, 0.717) is 0 Å². The summed E-state index contributed by atoms with van der Waals surface area (Å²) < 4.78 is 67.9. The fourth-order valence-electron chi connectivity index (χ4n) is 1.16. The van der Waals surface area contributed by atoms with Gasteiger partial charge in [-0.05, 0) is 14.1 Å². The van der Waals surface area contributed by atoms with Crippen LogP contribution >= 0.6 is 0 Å². The molecule has 0 unspecified atom stereocenters. The van der Waals surface area contributed by atoms with Crippen LogP contribution in [0, 0.1) is 20.5 Å². The molecule has 0 fully saturated rings. The van der Waals surface area contributed by atoms with Crippen molar-refractivity contribution in [1.82, 2.24) is 26.6 Å². The Bertz CT molecular complexity index is 230. The van der Waals surface area contributed by atoms with Gasteiger partial charge in [0.2, 0.25) is 0 Å². The van der Waals surface area contributed by atoms with E-state index in [2.05, 4.69) is 26.6 Å². The maximum atomic E-state index is 8.49. The number of hydrogen-bond donors (Lipinski definition) is 5. The van der Waals surface area contributed by atoms with Crippen LogP contribution in [-0.4, -0.2) is 71.9 Å². The molecule has 0 spiro atoms. The van der Waals surface area contributed by atoms with Gasteiger partial charge < -0.3 is 32.1 Å². The Balaban J connectivity index is -0.000000112. The quantitative estimate of drug-likeness (QED) is 0.124. The monoisotopic (exact) mass is 496 g/mol. The summed E-state index contributed by atoms with van der Waals surface area (Å²) in [7, 11) is -5.95. The molecular weight excluding hydrogens is 469 g/mol. The van der Waals surface area contributed by atoms with Gasteiger partial charge in [-0.15, -0.1) is 20.5 Å². The van der Waals surface area contributed by atoms with Crippen LogP contribution in [-0.2, 0) is 17.1 Å². The van der Waals surface area contributed by atoms with Crippen molar-refractivity contribution in [3.63, 3.8) is 0 Å². The van der Waals surface area contributed by atoms with Crippen molar-refractivity contribution in [2.75, 3.05) is 66.5 Å². The van der Waals surface area contributed by atoms with Crippen LogP contribution in [0.25, 0.3) is 0 Å². The van der Waals surface area contributed by atoms with E-state index in [9.17, 15) is 0 Å². The first-order chi connectivity index (χ1) is 11.4. The number of halogens is 2. The van der Waals surface area contributed by atoms with Gasteiger partial charge in [0.05, 0.1) is 0 Å². The normalized spacial score (nSPS) is 10.4. The van der Waals surface area contributed by atoms with E-state index in [-0.39, 0.29) is 22.5 Å². The minimum atomic E-state index is -4.94. The molecule has 0 rings (SSSR count). The smallest absolute Gasteiger partial charge is 0.412 e. The van der Waals surface area contributed by atoms with Crippen molar-refractivity contribution in [3.8, 4) is 0 Å². The Labute approximate surface area is 173 Å². The van der Waals surface area contributed by atoms with Gasteiger partial charge in [-0.2, -0.15) is 0 Å². The van der Waals surface area contributed by atoms with Gasteiger partial charge in [-0.25, -0.2) is 37.3 Å². The molecule has 0 bridgehead atoms. The Hall–Kier alpha value is 0.539. The summed E-state index contributed by atoms with van der Waals surface area (Å²) in [6, 6.07) is 0. The molecule has 7 N–H and O–H groups in total. The van der Waals surface area contributed by atoms with Crippen LogP contribution in [0.4, 0.5) is 0 Å². The first kappa shape index (κ1) is 38.2. The predicted octanol–water partition coefficient (Wildman–Crippen LogP) is -12.1. The van der Waals surface area contributed by atoms with Crippen LogP contribution in [0.15, 0.2) is 0 Å². The molecule has 0 aliphatic heterocycles. The second-order valence-corrected chi connectivity index (χ2v) is 5.72. The second-order valence-electron chi connectivity index (χ2n) is 4.21. The van der Waals surface area contributed by atoms with Gasteiger partial charge >= 0.3 is 17.1 Å². The summed E-state index contributed by atoms with van der Waals surface area (Å²) in [6.45, 7) is 8.31. The Morgan fingerprint density at radius 3 is 0.778 bits per heavy atom. The summed E-state index contributed by atoms with van der Waals surface area (Å²) in [4.78, 5) is 0. The third-order valence-corrected chi connectivity index (χ3v) is 2.06. The SMILES string of the molecule is CNCCNCCNCCNCCNC.O.[Cu+2].[O-][Cl+3]([O-])([O-])[O-].[O-][Cl+3]([O-])([O-])[O-]. The van der Waals surface area contributed by atoms with Crippen LogP contribution < -0.4 is 63.9 Å². The Morgan fingerprint density at radius 1 is 0.481 bits per heavy atom. The fourth-order valence-corrected chi connectivity index (χ4v) is 1.16. The van der Waals surface area contributed by atoms with Crippen molar-refractivity contribution in [1.29, 1.82) is 0 Å². The molecule has 0 atom stereocenters. The average Bonchev–Trinajstić information content (AvgIpc) is 2.41. The van der Waals surface area contributed by atoms with Crippen LogP contribution in [0.3, 0.4) is 0 Å². The van der Waals surface area contributed by atoms with Crippen LogP contribution in [0.1, 0.15) is 0 Å². The maximum Gasteiger partial charge on any atom is 2.00 e. The molecule has 0 aliphatic rings. The first-order valence-electron chi connectivity index (χ1n) is 7.06. The standard InChI is InChI=1S/C10H27N5.2ClHO4.Cu.H2O/c1-11-3-5-13-7-9-15-10-8-14-6-4-12-2;2*2-1(3,4)5;;/h11-15H,3-10H2,1-2H3;2*(H,2,3,4,5);;1H2/q;;;+2;/p-2. The van der Waals surface area contributed by atoms with Gasteiger partial charge in [0.1, 0.15) is 0 Å². The molecule has 27 heavy (non-hydrogen) atoms. The molecule has 0 heterocycles. The van der Waals surface area contributed by atoms with E-state index in [4.69, 9.17) is 37.3 Å². The van der Waals surface area contributed by atoms with Crippen molar-refractivity contribution in [2.24, 2.45) is 0 Å². The molecule has 173 valence electrons. The second kappa shape index (κ2) is 26.5. The van der Waals surface area contributed by atoms with Gasteiger partial charge in [0.25, 0.3) is 0 Å². The molecular formula is C10H29Cl2CuN5O9. The zero-order valence-electron chi connectivity index (χ0n) is 15.0. The summed E-state index contributed by atoms with van der Waals surface area (Å²) in [6.07, 6.45) is 0. The number of hydrogen-bond acceptors (Lipinski definition) is 13. The predicted molar refractivity (Wildman–Crippen MR) is 70.1 cm³/mol. The first-order valence-corrected chi connectivity index (χ1v) is 9.53. The molecule has 14 nitrogen and oxygen atoms in total. The summed E-state index contributed by atoms with van der Waals surface area (Å²) in [5.74, 6) is 0.